The number of hydrogen-bond acceptors (Lipinski definition) is 7. The minimum Gasteiger partial charge on any atom is -0.497 e. The smallest absolute Gasteiger partial charge is 0.433 e. The van der Waals surface area contributed by atoms with Gasteiger partial charge in [0.05, 0.1) is 31.1 Å². The van der Waals surface area contributed by atoms with Crippen LogP contribution in [0, 0.1) is 0 Å². The van der Waals surface area contributed by atoms with Gasteiger partial charge in [-0.3, -0.25) is 0 Å². The van der Waals surface area contributed by atoms with E-state index in [0.29, 0.717) is 21.7 Å². The van der Waals surface area contributed by atoms with E-state index in [9.17, 15) is 13.2 Å². The highest BCUT2D eigenvalue weighted by Gasteiger charge is 2.38. The van der Waals surface area contributed by atoms with Gasteiger partial charge in [-0.25, -0.2) is 0 Å². The summed E-state index contributed by atoms with van der Waals surface area (Å²) in [5.41, 5.74) is 5.68. The summed E-state index contributed by atoms with van der Waals surface area (Å²) in [7, 11) is 1.50. The zero-order chi connectivity index (χ0) is 19.9. The number of nitrogens with zero attached hydrogens (tertiary/aromatic N) is 7. The van der Waals surface area contributed by atoms with Crippen molar-refractivity contribution < 1.29 is 17.9 Å². The number of aromatic nitrogens is 5. The first-order valence-electron chi connectivity index (χ1n) is 7.99. The van der Waals surface area contributed by atoms with Crippen LogP contribution in [0.25, 0.3) is 11.3 Å². The molecular weight excluding hydrogens is 377 g/mol. The number of amidine groups is 1. The lowest BCUT2D eigenvalue weighted by Crippen LogP contribution is -2.29. The summed E-state index contributed by atoms with van der Waals surface area (Å²) in [6, 6.07) is 7.41. The average molecular weight is 390 g/mol. The number of alkyl halides is 3. The zero-order valence-corrected chi connectivity index (χ0v) is 14.4. The molecule has 0 spiro atoms. The monoisotopic (exact) mass is 390 g/mol. The van der Waals surface area contributed by atoms with E-state index in [1.54, 1.807) is 24.3 Å². The average Bonchev–Trinajstić information content (AvgIpc) is 3.27. The van der Waals surface area contributed by atoms with Gasteiger partial charge in [-0.15, -0.1) is 15.3 Å². The lowest BCUT2D eigenvalue weighted by molar-refractivity contribution is -0.142. The first kappa shape index (κ1) is 17.7. The number of fused-ring (bicyclic) bond motifs is 1. The van der Waals surface area contributed by atoms with Crippen LogP contribution in [0.1, 0.15) is 11.4 Å². The normalized spacial score (nSPS) is 14.1. The lowest BCUT2D eigenvalue weighted by Gasteiger charge is -2.11. The Balaban J connectivity index is 1.88. The molecule has 0 amide bonds. The van der Waals surface area contributed by atoms with Gasteiger partial charge in [-0.1, -0.05) is 5.21 Å². The Labute approximate surface area is 155 Å². The molecule has 2 aromatic heterocycles. The predicted octanol–water partition coefficient (Wildman–Crippen LogP) is 1.75. The van der Waals surface area contributed by atoms with Crippen molar-refractivity contribution in [2.24, 2.45) is 15.9 Å². The third kappa shape index (κ3) is 3.08. The molecule has 28 heavy (non-hydrogen) atoms. The number of nitrogens with two attached hydrogens (primary N) is 1. The Bertz CT molecular complexity index is 1080. The molecule has 0 atom stereocenters. The van der Waals surface area contributed by atoms with E-state index < -0.39 is 11.9 Å². The van der Waals surface area contributed by atoms with Gasteiger partial charge >= 0.3 is 6.18 Å². The van der Waals surface area contributed by atoms with E-state index in [-0.39, 0.29) is 23.9 Å². The molecule has 0 aliphatic carbocycles. The Morgan fingerprint density at radius 1 is 1.11 bits per heavy atom. The zero-order valence-electron chi connectivity index (χ0n) is 14.4. The van der Waals surface area contributed by atoms with Crippen LogP contribution >= 0.6 is 0 Å². The molecule has 0 saturated carbocycles. The molecule has 12 heteroatoms. The van der Waals surface area contributed by atoms with Crippen molar-refractivity contribution in [1.82, 2.24) is 24.8 Å². The summed E-state index contributed by atoms with van der Waals surface area (Å²) < 4.78 is 47.9. The molecule has 2 N–H and O–H groups in total. The van der Waals surface area contributed by atoms with E-state index in [1.807, 2.05) is 0 Å². The molecule has 1 aromatic carbocycles. The van der Waals surface area contributed by atoms with Crippen LogP contribution in [-0.4, -0.2) is 43.7 Å². The fourth-order valence-electron chi connectivity index (χ4n) is 2.69. The fourth-order valence-corrected chi connectivity index (χ4v) is 2.69. The maximum Gasteiger partial charge on any atom is 0.433 e. The number of rotatable bonds is 2. The second-order valence-corrected chi connectivity index (χ2v) is 5.86. The second kappa shape index (κ2) is 6.48. The van der Waals surface area contributed by atoms with Gasteiger partial charge in [0.2, 0.25) is 0 Å². The summed E-state index contributed by atoms with van der Waals surface area (Å²) in [5, 5.41) is 19.2. The standard InChI is InChI=1S/C16H13F3N8O/c1-28-11-4-2-9(3-5-11)12-7-13(16(17,18)19)27(24-12)15-23-22-14(20)6-10-8-21-25-26(10)15/h2-5,7-8H,6H2,1H3,(H2,20,22). The van der Waals surface area contributed by atoms with Crippen LogP contribution in [-0.2, 0) is 12.6 Å². The maximum absolute atomic E-state index is 13.7. The highest BCUT2D eigenvalue weighted by molar-refractivity contribution is 5.90. The van der Waals surface area contributed by atoms with Crippen LogP contribution in [0.15, 0.2) is 46.7 Å². The molecule has 3 heterocycles. The maximum atomic E-state index is 13.7. The number of hydrogen-bond donors (Lipinski definition) is 1. The fraction of sp³-hybridized carbons (Fsp3) is 0.188. The van der Waals surface area contributed by atoms with Crippen molar-refractivity contribution in [2.75, 3.05) is 7.11 Å². The van der Waals surface area contributed by atoms with Crippen LogP contribution < -0.4 is 10.5 Å². The molecular formula is C16H13F3N8O. The number of ether oxygens (including phenoxy) is 1. The Hall–Kier alpha value is -3.70. The summed E-state index contributed by atoms with van der Waals surface area (Å²) in [5.74, 6) is 0.416. The van der Waals surface area contributed by atoms with Gasteiger partial charge in [0.15, 0.2) is 5.69 Å². The minimum absolute atomic E-state index is 0.0977. The lowest BCUT2D eigenvalue weighted by atomic mass is 10.1. The van der Waals surface area contributed by atoms with Crippen LogP contribution in [0.4, 0.5) is 13.2 Å². The predicted molar refractivity (Wildman–Crippen MR) is 92.8 cm³/mol. The first-order chi connectivity index (χ1) is 13.4. The third-order valence-electron chi connectivity index (χ3n) is 4.01. The molecule has 0 bridgehead atoms. The second-order valence-electron chi connectivity index (χ2n) is 5.86. The number of benzene rings is 1. The van der Waals surface area contributed by atoms with Gasteiger partial charge in [-0.05, 0) is 30.3 Å². The summed E-state index contributed by atoms with van der Waals surface area (Å²) in [6.45, 7) is 0. The highest BCUT2D eigenvalue weighted by atomic mass is 19.4. The number of methoxy groups -OCH3 is 1. The van der Waals surface area contributed by atoms with E-state index in [2.05, 4.69) is 25.6 Å². The molecule has 1 aliphatic rings. The van der Waals surface area contributed by atoms with Gasteiger partial charge in [0.1, 0.15) is 11.6 Å². The minimum atomic E-state index is -4.69. The van der Waals surface area contributed by atoms with Gasteiger partial charge in [-0.2, -0.15) is 27.6 Å². The van der Waals surface area contributed by atoms with Crippen molar-refractivity contribution in [3.8, 4) is 17.0 Å². The highest BCUT2D eigenvalue weighted by Crippen LogP contribution is 2.33. The van der Waals surface area contributed by atoms with E-state index in [0.717, 1.165) is 10.7 Å². The molecule has 0 saturated heterocycles. The topological polar surface area (TPSA) is 108 Å². The molecule has 1 aliphatic heterocycles. The molecule has 4 rings (SSSR count). The largest absolute Gasteiger partial charge is 0.497 e. The van der Waals surface area contributed by atoms with Gasteiger partial charge in [0, 0.05) is 5.56 Å². The van der Waals surface area contributed by atoms with Crippen molar-refractivity contribution in [2.45, 2.75) is 12.6 Å². The van der Waals surface area contributed by atoms with Gasteiger partial charge < -0.3 is 10.5 Å². The van der Waals surface area contributed by atoms with Crippen LogP contribution in [0.3, 0.4) is 0 Å². The van der Waals surface area contributed by atoms with Crippen molar-refractivity contribution in [3.63, 3.8) is 0 Å². The Morgan fingerprint density at radius 3 is 2.54 bits per heavy atom. The van der Waals surface area contributed by atoms with Crippen molar-refractivity contribution in [3.05, 3.63) is 47.9 Å². The molecule has 0 unspecified atom stereocenters. The van der Waals surface area contributed by atoms with Gasteiger partial charge in [0.25, 0.3) is 5.96 Å². The van der Waals surface area contributed by atoms with E-state index in [1.165, 1.54) is 13.3 Å². The van der Waals surface area contributed by atoms with E-state index in [4.69, 9.17) is 10.5 Å². The summed E-state index contributed by atoms with van der Waals surface area (Å²) >= 11 is 0. The molecule has 144 valence electrons. The summed E-state index contributed by atoms with van der Waals surface area (Å²) in [6.07, 6.45) is -3.17. The Morgan fingerprint density at radius 2 is 1.86 bits per heavy atom. The van der Waals surface area contributed by atoms with Crippen molar-refractivity contribution >= 4 is 11.8 Å². The molecule has 0 fully saturated rings. The van der Waals surface area contributed by atoms with Crippen LogP contribution in [0.5, 0.6) is 5.75 Å². The first-order valence-corrected chi connectivity index (χ1v) is 7.99. The SMILES string of the molecule is COc1ccc(-c2cc(C(F)(F)F)n(C3=NN=C(N)Cc4cnnn43)n2)cc1. The molecule has 9 nitrogen and oxygen atoms in total. The molecule has 0 radical (unpaired) electrons. The van der Waals surface area contributed by atoms with Crippen molar-refractivity contribution in [1.29, 1.82) is 0 Å². The Kier molecular flexibility index (Phi) is 4.09. The van der Waals surface area contributed by atoms with Crippen LogP contribution in [0.2, 0.25) is 0 Å². The number of halogens is 3. The third-order valence-corrected chi connectivity index (χ3v) is 4.01. The summed E-state index contributed by atoms with van der Waals surface area (Å²) in [4.78, 5) is 0. The molecule has 3 aromatic rings. The quantitative estimate of drug-likeness (QED) is 0.717. The van der Waals surface area contributed by atoms with E-state index >= 15 is 0 Å².